The molecule has 0 amide bonds. The van der Waals surface area contributed by atoms with Gasteiger partial charge in [-0.1, -0.05) is 39.3 Å². The van der Waals surface area contributed by atoms with Gasteiger partial charge < -0.3 is 33.5 Å². The number of rotatable bonds is 7. The highest BCUT2D eigenvalue weighted by Crippen LogP contribution is 2.70. The van der Waals surface area contributed by atoms with Crippen molar-refractivity contribution in [1.82, 2.24) is 4.90 Å². The minimum Gasteiger partial charge on any atom is -0.458 e. The van der Waals surface area contributed by atoms with Gasteiger partial charge >= 0.3 is 11.9 Å². The Morgan fingerprint density at radius 3 is 2.51 bits per heavy atom. The van der Waals surface area contributed by atoms with Crippen LogP contribution in [0.4, 0.5) is 8.78 Å². The monoisotopic (exact) mass is 845 g/mol. The number of alkyl halides is 2. The van der Waals surface area contributed by atoms with E-state index in [0.29, 0.717) is 29.9 Å². The van der Waals surface area contributed by atoms with E-state index in [9.17, 15) is 24.3 Å². The van der Waals surface area contributed by atoms with Gasteiger partial charge in [0.15, 0.2) is 40.2 Å². The third-order valence-electron chi connectivity index (χ3n) is 15.2. The summed E-state index contributed by atoms with van der Waals surface area (Å²) >= 11 is 0. The van der Waals surface area contributed by atoms with E-state index < -0.39 is 52.7 Å². The molecule has 0 radical (unpaired) electrons. The fraction of sp³-hybridized carbons (Fsp3) is 0.574. The first-order valence-corrected chi connectivity index (χ1v) is 21.5. The smallest absolute Gasteiger partial charge is 0.343 e. The van der Waals surface area contributed by atoms with Gasteiger partial charge in [0.2, 0.25) is 13.6 Å². The van der Waals surface area contributed by atoms with E-state index in [0.717, 1.165) is 42.0 Å². The standard InChI is InChI=1S/C27H36F2O5.C20H17NO6/c1-5-6-7-23(33)34-14-21(31)24-15(2)10-17-18-12-20(28)19-11-16(30)8-9-26(19,4)27(18,29)22(32)13-25(17,24)3;1-21-5-4-10-6-14-15(25-8-24-14)7-12(10)17(21)18-11-2-3-13-19(26-9-23-13)16(11)20(22)27-18/h8-9,11,15,17-18,20,22,24,32H,5-7,10,12-14H2,1-4H3;2-3,6-7,17-18H,4-5,8-9H2,1H3/t15-,17+,18+,20+,22+,24-,25+,26+,27+;17-,18+/m10/s1. The Morgan fingerprint density at radius 1 is 1.00 bits per heavy atom. The average Bonchev–Trinajstić information content (AvgIpc) is 4.02. The lowest BCUT2D eigenvalue weighted by molar-refractivity contribution is -0.202. The van der Waals surface area contributed by atoms with E-state index in [4.69, 9.17) is 28.4 Å². The number of nitrogens with zero attached hydrogens (tertiary/aromatic N) is 1. The molecule has 0 aromatic heterocycles. The van der Waals surface area contributed by atoms with Crippen LogP contribution in [0.1, 0.15) is 105 Å². The number of hydrogen-bond donors (Lipinski definition) is 1. The minimum absolute atomic E-state index is 0.0524. The van der Waals surface area contributed by atoms with Crippen LogP contribution in [0.15, 0.2) is 48.1 Å². The predicted octanol–water partition coefficient (Wildman–Crippen LogP) is 7.05. The number of esters is 2. The number of halogens is 2. The molecule has 3 saturated carbocycles. The van der Waals surface area contributed by atoms with Gasteiger partial charge in [-0.05, 0) is 110 Å². The van der Waals surface area contributed by atoms with Gasteiger partial charge in [0, 0.05) is 35.8 Å². The Labute approximate surface area is 353 Å². The Hall–Kier alpha value is -4.82. The first-order valence-electron chi connectivity index (χ1n) is 21.5. The van der Waals surface area contributed by atoms with Crippen molar-refractivity contribution >= 4 is 23.5 Å². The normalized spacial score (nSPS) is 36.0. The lowest BCUT2D eigenvalue weighted by atomic mass is 9.45. The van der Waals surface area contributed by atoms with E-state index in [-0.39, 0.29) is 80.4 Å². The third kappa shape index (κ3) is 6.40. The fourth-order valence-corrected chi connectivity index (χ4v) is 12.4. The number of ether oxygens (including phenoxy) is 6. The van der Waals surface area contributed by atoms with Gasteiger partial charge in [-0.15, -0.1) is 0 Å². The van der Waals surface area contributed by atoms with Crippen LogP contribution < -0.4 is 18.9 Å². The van der Waals surface area contributed by atoms with Crippen LogP contribution in [0.3, 0.4) is 0 Å². The number of carbonyl (C=O) groups is 4. The molecular weight excluding hydrogens is 793 g/mol. The first-order chi connectivity index (χ1) is 29.1. The molecule has 0 saturated heterocycles. The summed E-state index contributed by atoms with van der Waals surface area (Å²) < 4.78 is 65.6. The molecule has 0 unspecified atom stereocenters. The fourth-order valence-electron chi connectivity index (χ4n) is 12.4. The van der Waals surface area contributed by atoms with Gasteiger partial charge in [-0.3, -0.25) is 19.3 Å². The molecule has 2 aromatic carbocycles. The number of carbonyl (C=O) groups excluding carboxylic acids is 4. The highest BCUT2D eigenvalue weighted by atomic mass is 19.1. The molecule has 0 spiro atoms. The highest BCUT2D eigenvalue weighted by Gasteiger charge is 2.73. The molecule has 4 heterocycles. The van der Waals surface area contributed by atoms with Crippen LogP contribution in [0.2, 0.25) is 0 Å². The number of fused-ring (bicyclic) bond motifs is 10. The molecule has 2 aromatic rings. The highest BCUT2D eigenvalue weighted by molar-refractivity contribution is 6.01. The van der Waals surface area contributed by atoms with Crippen molar-refractivity contribution in [2.24, 2.45) is 34.5 Å². The van der Waals surface area contributed by atoms with Crippen molar-refractivity contribution in [2.75, 3.05) is 33.8 Å². The van der Waals surface area contributed by atoms with E-state index in [2.05, 4.69) is 18.0 Å². The van der Waals surface area contributed by atoms with Crippen LogP contribution in [0.5, 0.6) is 23.0 Å². The maximum Gasteiger partial charge on any atom is 0.343 e. The van der Waals surface area contributed by atoms with Crippen LogP contribution in [-0.4, -0.2) is 85.2 Å². The van der Waals surface area contributed by atoms with E-state index in [1.54, 1.807) is 6.92 Å². The summed E-state index contributed by atoms with van der Waals surface area (Å²) in [6.45, 7) is 8.26. The second kappa shape index (κ2) is 15.2. The number of likely N-dealkylation sites (N-methyl/N-ethyl adjacent to an activating group) is 1. The number of unbranched alkanes of at least 4 members (excludes halogenated alkanes) is 1. The summed E-state index contributed by atoms with van der Waals surface area (Å²) in [7, 11) is 2.05. The lowest BCUT2D eigenvalue weighted by Crippen LogP contribution is -2.68. The summed E-state index contributed by atoms with van der Waals surface area (Å²) in [5.41, 5.74) is -0.583. The molecule has 4 aliphatic carbocycles. The number of benzene rings is 2. The second-order valence-electron chi connectivity index (χ2n) is 18.5. The van der Waals surface area contributed by atoms with Crippen molar-refractivity contribution < 1.29 is 61.5 Å². The van der Waals surface area contributed by atoms with Crippen molar-refractivity contribution in [1.29, 1.82) is 0 Å². The van der Waals surface area contributed by atoms with Crippen molar-refractivity contribution in [3.05, 3.63) is 70.3 Å². The summed E-state index contributed by atoms with van der Waals surface area (Å²) in [4.78, 5) is 52.0. The number of aliphatic hydroxyl groups is 1. The summed E-state index contributed by atoms with van der Waals surface area (Å²) in [5.74, 6) is -0.507. The molecule has 11 atom stereocenters. The molecule has 326 valence electrons. The van der Waals surface area contributed by atoms with Crippen LogP contribution in [0, 0.1) is 34.5 Å². The van der Waals surface area contributed by atoms with Crippen molar-refractivity contribution in [3.63, 3.8) is 0 Å². The number of aliphatic hydroxyl groups excluding tert-OH is 1. The second-order valence-corrected chi connectivity index (χ2v) is 18.5. The number of ketones is 2. The van der Waals surface area contributed by atoms with Crippen molar-refractivity contribution in [3.8, 4) is 23.0 Å². The predicted molar refractivity (Wildman–Crippen MR) is 215 cm³/mol. The molecule has 1 N–H and O–H groups in total. The Kier molecular flexibility index (Phi) is 10.4. The zero-order chi connectivity index (χ0) is 43.2. The largest absolute Gasteiger partial charge is 0.458 e. The Morgan fingerprint density at radius 2 is 1.74 bits per heavy atom. The SMILES string of the molecule is CCCCC(=O)OCC(=O)[C@H]1[C@H](C)C[C@H]2[C@@H]3C[C@H](F)C4=CC(=O)C=C[C@]4(C)[C@@]3(F)[C@@H](O)C[C@@]21C.CN1CCc2cc3c(cc2[C@H]1[C@@H]1OC(=O)c2c1ccc1c2OCO1)OCO3. The quantitative estimate of drug-likeness (QED) is 0.285. The molecule has 12 nitrogen and oxygen atoms in total. The molecule has 10 rings (SSSR count). The van der Waals surface area contributed by atoms with E-state index in [1.807, 2.05) is 39.0 Å². The summed E-state index contributed by atoms with van der Waals surface area (Å²) in [5, 5.41) is 11.3. The zero-order valence-electron chi connectivity index (χ0n) is 35.2. The third-order valence-corrected chi connectivity index (χ3v) is 15.2. The first kappa shape index (κ1) is 41.5. The van der Waals surface area contributed by atoms with E-state index >= 15 is 8.78 Å². The Balaban J connectivity index is 0.000000159. The van der Waals surface area contributed by atoms with Gasteiger partial charge in [-0.25, -0.2) is 13.6 Å². The van der Waals surface area contributed by atoms with Gasteiger partial charge in [0.05, 0.1) is 12.1 Å². The molecular formula is C47H53F2NO11. The van der Waals surface area contributed by atoms with Crippen LogP contribution >= 0.6 is 0 Å². The van der Waals surface area contributed by atoms with Gasteiger partial charge in [-0.2, -0.15) is 0 Å². The number of cyclic esters (lactones) is 1. The molecule has 61 heavy (non-hydrogen) atoms. The number of hydrogen-bond acceptors (Lipinski definition) is 12. The average molecular weight is 846 g/mol. The molecule has 8 aliphatic rings. The summed E-state index contributed by atoms with van der Waals surface area (Å²) in [6.07, 6.45) is 3.70. The van der Waals surface area contributed by atoms with Gasteiger partial charge in [0.1, 0.15) is 24.4 Å². The Bertz CT molecular complexity index is 2240. The molecule has 3 fully saturated rings. The van der Waals surface area contributed by atoms with Crippen molar-refractivity contribution in [2.45, 2.75) is 103 Å². The maximum atomic E-state index is 17.1. The van der Waals surface area contributed by atoms with Gasteiger partial charge in [0.25, 0.3) is 0 Å². The maximum absolute atomic E-state index is 17.1. The van der Waals surface area contributed by atoms with Crippen LogP contribution in [0.25, 0.3) is 0 Å². The zero-order valence-corrected chi connectivity index (χ0v) is 35.2. The lowest BCUT2D eigenvalue weighted by Gasteiger charge is -2.62. The van der Waals surface area contributed by atoms with Crippen LogP contribution in [-0.2, 0) is 30.3 Å². The molecule has 14 heteroatoms. The minimum atomic E-state index is -2.15. The number of allylic oxidation sites excluding steroid dienone is 4. The van der Waals surface area contributed by atoms with E-state index in [1.165, 1.54) is 23.8 Å². The topological polar surface area (TPSA) is 147 Å². The summed E-state index contributed by atoms with van der Waals surface area (Å²) in [6, 6.07) is 7.73. The number of Topliss-reactive ketones (excluding diaryl/α,β-unsaturated/α-hetero) is 1. The molecule has 0 bridgehead atoms. The molecule has 4 aliphatic heterocycles.